The van der Waals surface area contributed by atoms with E-state index in [0.29, 0.717) is 6.54 Å². The summed E-state index contributed by atoms with van der Waals surface area (Å²) in [6.07, 6.45) is 7.87. The number of aromatic nitrogens is 3. The molecule has 2 heterocycles. The second-order valence-electron chi connectivity index (χ2n) is 8.97. The first-order valence-corrected chi connectivity index (χ1v) is 11.8. The SMILES string of the molecule is Cc1nnc(CN=C(NCCCN2CCOCC2)NCCC2CCCC(C)C2)n1C. The molecule has 8 heteroatoms. The van der Waals surface area contributed by atoms with E-state index in [9.17, 15) is 0 Å². The van der Waals surface area contributed by atoms with Crippen molar-refractivity contribution >= 4 is 5.96 Å². The minimum absolute atomic E-state index is 0.538. The molecule has 3 rings (SSSR count). The van der Waals surface area contributed by atoms with E-state index in [1.807, 2.05) is 18.5 Å². The molecule has 0 radical (unpaired) electrons. The molecule has 0 spiro atoms. The average molecular weight is 420 g/mol. The Hall–Kier alpha value is -1.67. The molecule has 0 amide bonds. The van der Waals surface area contributed by atoms with Gasteiger partial charge in [0.05, 0.1) is 13.2 Å². The van der Waals surface area contributed by atoms with Crippen LogP contribution in [0.3, 0.4) is 0 Å². The Morgan fingerprint density at radius 3 is 2.70 bits per heavy atom. The van der Waals surface area contributed by atoms with Crippen LogP contribution in [0.4, 0.5) is 0 Å². The predicted octanol–water partition coefficient (Wildman–Crippen LogP) is 2.10. The number of rotatable bonds is 9. The van der Waals surface area contributed by atoms with Crippen LogP contribution in [0.5, 0.6) is 0 Å². The maximum absolute atomic E-state index is 5.43. The van der Waals surface area contributed by atoms with Crippen molar-refractivity contribution in [2.45, 2.75) is 58.9 Å². The van der Waals surface area contributed by atoms with E-state index in [0.717, 1.165) is 81.8 Å². The summed E-state index contributed by atoms with van der Waals surface area (Å²) < 4.78 is 7.43. The Morgan fingerprint density at radius 2 is 1.97 bits per heavy atom. The number of nitrogens with one attached hydrogen (secondary N) is 2. The molecule has 170 valence electrons. The van der Waals surface area contributed by atoms with Gasteiger partial charge in [-0.1, -0.05) is 26.2 Å². The number of nitrogens with zero attached hydrogens (tertiary/aromatic N) is 5. The van der Waals surface area contributed by atoms with Gasteiger partial charge in [0.2, 0.25) is 0 Å². The standard InChI is InChI=1S/C22H41N7O/c1-18-6-4-7-20(16-18)8-10-24-22(25-17-21-27-26-19(2)28(21)3)23-9-5-11-29-12-14-30-15-13-29/h18,20H,4-17H2,1-3H3,(H2,23,24,25). The molecule has 1 saturated carbocycles. The van der Waals surface area contributed by atoms with E-state index in [-0.39, 0.29) is 0 Å². The van der Waals surface area contributed by atoms with Gasteiger partial charge in [0.25, 0.3) is 0 Å². The number of morpholine rings is 1. The summed E-state index contributed by atoms with van der Waals surface area (Å²) in [5, 5.41) is 15.5. The third-order valence-corrected chi connectivity index (χ3v) is 6.50. The van der Waals surface area contributed by atoms with Crippen LogP contribution in [0.1, 0.15) is 57.1 Å². The number of aryl methyl sites for hydroxylation is 1. The number of ether oxygens (including phenoxy) is 1. The van der Waals surface area contributed by atoms with Gasteiger partial charge in [-0.05, 0) is 44.6 Å². The van der Waals surface area contributed by atoms with Crippen molar-refractivity contribution in [3.8, 4) is 0 Å². The summed E-state index contributed by atoms with van der Waals surface area (Å²) in [7, 11) is 1.99. The third-order valence-electron chi connectivity index (χ3n) is 6.50. The fourth-order valence-electron chi connectivity index (χ4n) is 4.46. The lowest BCUT2D eigenvalue weighted by Crippen LogP contribution is -2.41. The van der Waals surface area contributed by atoms with Gasteiger partial charge in [0, 0.05) is 33.2 Å². The van der Waals surface area contributed by atoms with E-state index < -0.39 is 0 Å². The van der Waals surface area contributed by atoms with Crippen molar-refractivity contribution in [2.75, 3.05) is 45.9 Å². The van der Waals surface area contributed by atoms with Crippen molar-refractivity contribution in [3.63, 3.8) is 0 Å². The molecule has 30 heavy (non-hydrogen) atoms. The van der Waals surface area contributed by atoms with Crippen LogP contribution in [0, 0.1) is 18.8 Å². The zero-order chi connectivity index (χ0) is 21.2. The summed E-state index contributed by atoms with van der Waals surface area (Å²) in [6, 6.07) is 0. The summed E-state index contributed by atoms with van der Waals surface area (Å²) in [5.41, 5.74) is 0. The van der Waals surface area contributed by atoms with Gasteiger partial charge in [-0.15, -0.1) is 10.2 Å². The topological polar surface area (TPSA) is 79.6 Å². The number of aliphatic imine (C=N–C) groups is 1. The van der Waals surface area contributed by atoms with E-state index in [4.69, 9.17) is 9.73 Å². The Labute approximate surface area is 181 Å². The van der Waals surface area contributed by atoms with Crippen LogP contribution < -0.4 is 10.6 Å². The first-order chi connectivity index (χ1) is 14.6. The number of hydrogen-bond donors (Lipinski definition) is 2. The molecule has 8 nitrogen and oxygen atoms in total. The fourth-order valence-corrected chi connectivity index (χ4v) is 4.46. The van der Waals surface area contributed by atoms with Crippen LogP contribution in [0.25, 0.3) is 0 Å². The van der Waals surface area contributed by atoms with Crippen molar-refractivity contribution in [3.05, 3.63) is 11.6 Å². The summed E-state index contributed by atoms with van der Waals surface area (Å²) in [4.78, 5) is 7.26. The molecule has 2 fully saturated rings. The summed E-state index contributed by atoms with van der Waals surface area (Å²) in [5.74, 6) is 4.43. The van der Waals surface area contributed by atoms with Crippen LogP contribution in [0.15, 0.2) is 4.99 Å². The molecule has 2 atom stereocenters. The zero-order valence-corrected chi connectivity index (χ0v) is 19.2. The lowest BCUT2D eigenvalue weighted by Gasteiger charge is -2.27. The van der Waals surface area contributed by atoms with Crippen LogP contribution in [-0.4, -0.2) is 71.6 Å². The molecule has 2 N–H and O–H groups in total. The first-order valence-electron chi connectivity index (χ1n) is 11.8. The Balaban J connectivity index is 1.45. The van der Waals surface area contributed by atoms with Crippen molar-refractivity contribution < 1.29 is 4.74 Å². The quantitative estimate of drug-likeness (QED) is 0.363. The number of guanidine groups is 1. The zero-order valence-electron chi connectivity index (χ0n) is 19.2. The summed E-state index contributed by atoms with van der Waals surface area (Å²) >= 11 is 0. The maximum Gasteiger partial charge on any atom is 0.191 e. The van der Waals surface area contributed by atoms with Crippen molar-refractivity contribution in [2.24, 2.45) is 23.9 Å². The molecular formula is C22H41N7O. The van der Waals surface area contributed by atoms with Crippen LogP contribution in [-0.2, 0) is 18.3 Å². The van der Waals surface area contributed by atoms with Crippen molar-refractivity contribution in [1.29, 1.82) is 0 Å². The molecule has 1 aliphatic heterocycles. The van der Waals surface area contributed by atoms with Gasteiger partial charge in [-0.3, -0.25) is 4.90 Å². The van der Waals surface area contributed by atoms with Crippen molar-refractivity contribution in [1.82, 2.24) is 30.3 Å². The minimum Gasteiger partial charge on any atom is -0.379 e. The molecule has 1 saturated heterocycles. The van der Waals surface area contributed by atoms with Gasteiger partial charge >= 0.3 is 0 Å². The van der Waals surface area contributed by atoms with Gasteiger partial charge in [0.15, 0.2) is 11.8 Å². The van der Waals surface area contributed by atoms with E-state index >= 15 is 0 Å². The molecule has 0 bridgehead atoms. The Kier molecular flexibility index (Phi) is 9.39. The molecule has 2 aliphatic rings. The fraction of sp³-hybridized carbons (Fsp3) is 0.864. The second kappa shape index (κ2) is 12.2. The lowest BCUT2D eigenvalue weighted by atomic mass is 9.81. The highest BCUT2D eigenvalue weighted by atomic mass is 16.5. The summed E-state index contributed by atoms with van der Waals surface area (Å²) in [6.45, 7) is 11.7. The second-order valence-corrected chi connectivity index (χ2v) is 8.97. The maximum atomic E-state index is 5.43. The molecule has 1 aromatic rings. The third kappa shape index (κ3) is 7.54. The number of hydrogen-bond acceptors (Lipinski definition) is 5. The van der Waals surface area contributed by atoms with Gasteiger partial charge in [-0.2, -0.15) is 0 Å². The predicted molar refractivity (Wildman–Crippen MR) is 120 cm³/mol. The van der Waals surface area contributed by atoms with Gasteiger partial charge < -0.3 is 19.9 Å². The Morgan fingerprint density at radius 1 is 1.17 bits per heavy atom. The Bertz CT molecular complexity index is 654. The van der Waals surface area contributed by atoms with E-state index in [2.05, 4.69) is 32.7 Å². The van der Waals surface area contributed by atoms with E-state index in [1.165, 1.54) is 32.1 Å². The normalized spacial score (nSPS) is 23.5. The largest absolute Gasteiger partial charge is 0.379 e. The smallest absolute Gasteiger partial charge is 0.191 e. The van der Waals surface area contributed by atoms with Gasteiger partial charge in [-0.25, -0.2) is 4.99 Å². The van der Waals surface area contributed by atoms with Crippen LogP contribution >= 0.6 is 0 Å². The minimum atomic E-state index is 0.538. The highest BCUT2D eigenvalue weighted by molar-refractivity contribution is 5.79. The average Bonchev–Trinajstić information content (AvgIpc) is 3.07. The van der Waals surface area contributed by atoms with Gasteiger partial charge in [0.1, 0.15) is 12.4 Å². The molecule has 1 aromatic heterocycles. The monoisotopic (exact) mass is 419 g/mol. The highest BCUT2D eigenvalue weighted by Gasteiger charge is 2.18. The molecular weight excluding hydrogens is 378 g/mol. The highest BCUT2D eigenvalue weighted by Crippen LogP contribution is 2.30. The van der Waals surface area contributed by atoms with E-state index in [1.54, 1.807) is 0 Å². The molecule has 1 aliphatic carbocycles. The molecule has 0 aromatic carbocycles. The van der Waals surface area contributed by atoms with Crippen LogP contribution in [0.2, 0.25) is 0 Å². The molecule has 2 unspecified atom stereocenters. The first kappa shape index (κ1) is 23.0. The lowest BCUT2D eigenvalue weighted by molar-refractivity contribution is 0.0376.